The summed E-state index contributed by atoms with van der Waals surface area (Å²) in [7, 11) is 0. The number of Topliss-reactive ketones (excluding diaryl/α,β-unsaturated/α-hetero) is 1. The van der Waals surface area contributed by atoms with Crippen LogP contribution in [0, 0.1) is 12.7 Å². The second-order valence-electron chi connectivity index (χ2n) is 2.69. The van der Waals surface area contributed by atoms with Gasteiger partial charge in [-0.25, -0.2) is 4.39 Å². The van der Waals surface area contributed by atoms with Gasteiger partial charge < -0.3 is 5.73 Å². The summed E-state index contributed by atoms with van der Waals surface area (Å²) in [6.45, 7) is 1.52. The molecule has 0 unspecified atom stereocenters. The summed E-state index contributed by atoms with van der Waals surface area (Å²) in [5.74, 6) is -0.827. The van der Waals surface area contributed by atoms with Gasteiger partial charge in [0.05, 0.1) is 6.54 Å². The molecule has 0 fully saturated rings. The predicted molar refractivity (Wildman–Crippen MR) is 49.5 cm³/mol. The molecule has 0 aliphatic heterocycles. The van der Waals surface area contributed by atoms with Gasteiger partial charge >= 0.3 is 0 Å². The van der Waals surface area contributed by atoms with Crippen molar-refractivity contribution in [2.24, 2.45) is 5.73 Å². The molecule has 1 aromatic carbocycles. The first-order valence-electron chi connectivity index (χ1n) is 3.75. The molecule has 4 heteroatoms. The van der Waals surface area contributed by atoms with E-state index in [1.807, 2.05) is 0 Å². The number of carbonyl (C=O) groups excluding carboxylic acids is 1. The van der Waals surface area contributed by atoms with Crippen LogP contribution in [0.4, 0.5) is 4.39 Å². The number of ketones is 1. The maximum absolute atomic E-state index is 12.8. The molecular formula is C9H9ClFNO. The lowest BCUT2D eigenvalue weighted by atomic mass is 10.0. The van der Waals surface area contributed by atoms with Crippen LogP contribution in [-0.2, 0) is 0 Å². The summed E-state index contributed by atoms with van der Waals surface area (Å²) >= 11 is 5.69. The summed E-state index contributed by atoms with van der Waals surface area (Å²) in [6, 6.07) is 2.32. The molecule has 0 aliphatic carbocycles. The molecule has 0 saturated heterocycles. The number of hydrogen-bond donors (Lipinski definition) is 1. The summed E-state index contributed by atoms with van der Waals surface area (Å²) in [5.41, 5.74) is 5.98. The minimum absolute atomic E-state index is 0.138. The van der Waals surface area contributed by atoms with Crippen LogP contribution >= 0.6 is 11.6 Å². The van der Waals surface area contributed by atoms with Gasteiger partial charge in [0.25, 0.3) is 0 Å². The van der Waals surface area contributed by atoms with E-state index >= 15 is 0 Å². The second kappa shape index (κ2) is 3.85. The molecule has 1 aromatic rings. The van der Waals surface area contributed by atoms with Gasteiger partial charge in [-0.15, -0.1) is 0 Å². The fourth-order valence-corrected chi connectivity index (χ4v) is 1.25. The maximum Gasteiger partial charge on any atom is 0.176 e. The Hall–Kier alpha value is -0.930. The zero-order chi connectivity index (χ0) is 10.0. The minimum atomic E-state index is -0.521. The van der Waals surface area contributed by atoms with Crippen molar-refractivity contribution in [2.45, 2.75) is 6.92 Å². The summed E-state index contributed by atoms with van der Waals surface area (Å²) in [6.07, 6.45) is 0. The molecule has 0 amide bonds. The van der Waals surface area contributed by atoms with Crippen molar-refractivity contribution in [2.75, 3.05) is 6.54 Å². The Morgan fingerprint density at radius 1 is 1.62 bits per heavy atom. The van der Waals surface area contributed by atoms with E-state index in [1.165, 1.54) is 6.07 Å². The highest BCUT2D eigenvalue weighted by atomic mass is 35.5. The van der Waals surface area contributed by atoms with Crippen molar-refractivity contribution < 1.29 is 9.18 Å². The lowest BCUT2D eigenvalue weighted by Gasteiger charge is -2.05. The quantitative estimate of drug-likeness (QED) is 0.743. The van der Waals surface area contributed by atoms with E-state index in [4.69, 9.17) is 17.3 Å². The average molecular weight is 202 g/mol. The minimum Gasteiger partial charge on any atom is -0.324 e. The van der Waals surface area contributed by atoms with Crippen molar-refractivity contribution in [1.82, 2.24) is 0 Å². The average Bonchev–Trinajstić information content (AvgIpc) is 2.10. The Morgan fingerprint density at radius 2 is 2.23 bits per heavy atom. The van der Waals surface area contributed by atoms with Crippen LogP contribution < -0.4 is 5.73 Å². The predicted octanol–water partition coefficient (Wildman–Crippen LogP) is 1.93. The van der Waals surface area contributed by atoms with Gasteiger partial charge in [-0.05, 0) is 24.6 Å². The normalized spacial score (nSPS) is 10.2. The van der Waals surface area contributed by atoms with Crippen LogP contribution in [0.3, 0.4) is 0 Å². The van der Waals surface area contributed by atoms with Gasteiger partial charge in [-0.3, -0.25) is 4.79 Å². The van der Waals surface area contributed by atoms with Gasteiger partial charge in [0.1, 0.15) is 5.82 Å². The number of halogens is 2. The molecule has 70 valence electrons. The zero-order valence-electron chi connectivity index (χ0n) is 7.10. The molecule has 1 rings (SSSR count). The monoisotopic (exact) mass is 201 g/mol. The molecular weight excluding hydrogens is 193 g/mol. The van der Waals surface area contributed by atoms with Gasteiger partial charge in [-0.1, -0.05) is 11.6 Å². The largest absolute Gasteiger partial charge is 0.324 e. The van der Waals surface area contributed by atoms with E-state index in [9.17, 15) is 9.18 Å². The highest BCUT2D eigenvalue weighted by Gasteiger charge is 2.11. The van der Waals surface area contributed by atoms with Crippen molar-refractivity contribution >= 4 is 17.4 Å². The number of hydrogen-bond acceptors (Lipinski definition) is 2. The first-order chi connectivity index (χ1) is 6.06. The van der Waals surface area contributed by atoms with Gasteiger partial charge in [0.15, 0.2) is 5.78 Å². The number of benzene rings is 1. The van der Waals surface area contributed by atoms with E-state index in [-0.39, 0.29) is 22.9 Å². The van der Waals surface area contributed by atoms with Crippen LogP contribution in [0.25, 0.3) is 0 Å². The first-order valence-corrected chi connectivity index (χ1v) is 4.13. The third-order valence-corrected chi connectivity index (χ3v) is 2.19. The fourth-order valence-electron chi connectivity index (χ4n) is 1.05. The standard InChI is InChI=1S/C9H9ClFNO/c1-5-7(9(13)4-12)2-6(11)3-8(5)10/h2-3H,4,12H2,1H3. The first kappa shape index (κ1) is 10.2. The molecule has 0 spiro atoms. The van der Waals surface area contributed by atoms with Crippen molar-refractivity contribution in [3.63, 3.8) is 0 Å². The molecule has 2 N–H and O–H groups in total. The van der Waals surface area contributed by atoms with E-state index in [0.29, 0.717) is 5.56 Å². The van der Waals surface area contributed by atoms with Crippen LogP contribution in [-0.4, -0.2) is 12.3 Å². The molecule has 2 nitrogen and oxygen atoms in total. The Bertz CT molecular complexity index is 352. The van der Waals surface area contributed by atoms with Crippen LogP contribution in [0.2, 0.25) is 5.02 Å². The number of carbonyl (C=O) groups is 1. The third kappa shape index (κ3) is 2.05. The van der Waals surface area contributed by atoms with E-state index in [2.05, 4.69) is 0 Å². The third-order valence-electron chi connectivity index (χ3n) is 1.79. The highest BCUT2D eigenvalue weighted by molar-refractivity contribution is 6.31. The van der Waals surface area contributed by atoms with Gasteiger partial charge in [0, 0.05) is 10.6 Å². The Morgan fingerprint density at radius 3 is 2.77 bits per heavy atom. The zero-order valence-corrected chi connectivity index (χ0v) is 7.86. The molecule has 0 saturated carbocycles. The van der Waals surface area contributed by atoms with Crippen LogP contribution in [0.15, 0.2) is 12.1 Å². The topological polar surface area (TPSA) is 43.1 Å². The molecule has 0 heterocycles. The molecule has 0 bridgehead atoms. The van der Waals surface area contributed by atoms with Crippen molar-refractivity contribution in [3.8, 4) is 0 Å². The molecule has 0 aromatic heterocycles. The second-order valence-corrected chi connectivity index (χ2v) is 3.09. The fraction of sp³-hybridized carbons (Fsp3) is 0.222. The molecule has 13 heavy (non-hydrogen) atoms. The summed E-state index contributed by atoms with van der Waals surface area (Å²) in [5, 5.41) is 0.247. The van der Waals surface area contributed by atoms with Gasteiger partial charge in [0.2, 0.25) is 0 Å². The lowest BCUT2D eigenvalue weighted by molar-refractivity contribution is 0.100. The van der Waals surface area contributed by atoms with Crippen molar-refractivity contribution in [3.05, 3.63) is 34.1 Å². The Kier molecular flexibility index (Phi) is 3.01. The Labute approximate surface area is 80.5 Å². The number of rotatable bonds is 2. The SMILES string of the molecule is Cc1c(Cl)cc(F)cc1C(=O)CN. The van der Waals surface area contributed by atoms with E-state index < -0.39 is 5.82 Å². The van der Waals surface area contributed by atoms with Crippen LogP contribution in [0.5, 0.6) is 0 Å². The Balaban J connectivity index is 3.28. The van der Waals surface area contributed by atoms with Crippen LogP contribution in [0.1, 0.15) is 15.9 Å². The smallest absolute Gasteiger partial charge is 0.176 e. The van der Waals surface area contributed by atoms with Gasteiger partial charge in [-0.2, -0.15) is 0 Å². The maximum atomic E-state index is 12.8. The lowest BCUT2D eigenvalue weighted by Crippen LogP contribution is -2.15. The van der Waals surface area contributed by atoms with E-state index in [1.54, 1.807) is 6.92 Å². The van der Waals surface area contributed by atoms with E-state index in [0.717, 1.165) is 6.07 Å². The van der Waals surface area contributed by atoms with Crippen molar-refractivity contribution in [1.29, 1.82) is 0 Å². The summed E-state index contributed by atoms with van der Waals surface area (Å²) in [4.78, 5) is 11.2. The molecule has 0 atom stereocenters. The summed E-state index contributed by atoms with van der Waals surface area (Å²) < 4.78 is 12.8. The molecule has 0 radical (unpaired) electrons. The highest BCUT2D eigenvalue weighted by Crippen LogP contribution is 2.21. The number of nitrogens with two attached hydrogens (primary N) is 1. The molecule has 0 aliphatic rings.